The second-order valence-electron chi connectivity index (χ2n) is 7.06. The summed E-state index contributed by atoms with van der Waals surface area (Å²) in [6.45, 7) is 0. The standard InChI is InChI=1S/C20H23ClN2O/c21-14-6-8-18-16(11-14)17-12-15(7-9-19(17)23-18)22-20(24)10-13-4-2-1-3-5-13/h4,6,8,11,15,23H,1-3,5,7,9-10,12H2,(H,22,24). The van der Waals surface area contributed by atoms with Gasteiger partial charge in [0.25, 0.3) is 0 Å². The first-order chi connectivity index (χ1) is 11.7. The first-order valence-corrected chi connectivity index (χ1v) is 9.33. The molecule has 2 aromatic rings. The van der Waals surface area contributed by atoms with Gasteiger partial charge in [-0.05, 0) is 68.7 Å². The van der Waals surface area contributed by atoms with Crippen molar-refractivity contribution in [3.63, 3.8) is 0 Å². The number of allylic oxidation sites excluding steroid dienone is 1. The van der Waals surface area contributed by atoms with Crippen LogP contribution in [0, 0.1) is 0 Å². The lowest BCUT2D eigenvalue weighted by molar-refractivity contribution is -0.121. The van der Waals surface area contributed by atoms with Gasteiger partial charge in [-0.25, -0.2) is 0 Å². The minimum Gasteiger partial charge on any atom is -0.358 e. The van der Waals surface area contributed by atoms with Crippen molar-refractivity contribution in [1.82, 2.24) is 10.3 Å². The number of hydrogen-bond donors (Lipinski definition) is 2. The van der Waals surface area contributed by atoms with Gasteiger partial charge < -0.3 is 10.3 Å². The quantitative estimate of drug-likeness (QED) is 0.781. The minimum absolute atomic E-state index is 0.175. The zero-order valence-electron chi connectivity index (χ0n) is 13.8. The summed E-state index contributed by atoms with van der Waals surface area (Å²) >= 11 is 6.16. The number of aryl methyl sites for hydroxylation is 1. The SMILES string of the molecule is O=C(CC1=CCCCC1)NC1CCc2[nH]c3ccc(Cl)cc3c2C1. The van der Waals surface area contributed by atoms with Gasteiger partial charge in [0.05, 0.1) is 0 Å². The van der Waals surface area contributed by atoms with E-state index in [9.17, 15) is 4.79 Å². The predicted molar refractivity (Wildman–Crippen MR) is 98.4 cm³/mol. The van der Waals surface area contributed by atoms with Crippen LogP contribution in [0.2, 0.25) is 5.02 Å². The molecular formula is C20H23ClN2O. The normalized spacial score (nSPS) is 20.5. The lowest BCUT2D eigenvalue weighted by atomic mass is 9.91. The Morgan fingerprint density at radius 3 is 3.04 bits per heavy atom. The molecule has 2 aliphatic carbocycles. The molecule has 4 rings (SSSR count). The van der Waals surface area contributed by atoms with Gasteiger partial charge in [-0.15, -0.1) is 0 Å². The van der Waals surface area contributed by atoms with Crippen LogP contribution in [0.15, 0.2) is 29.8 Å². The summed E-state index contributed by atoms with van der Waals surface area (Å²) in [5.41, 5.74) is 5.08. The van der Waals surface area contributed by atoms with Crippen molar-refractivity contribution in [1.29, 1.82) is 0 Å². The fourth-order valence-corrected chi connectivity index (χ4v) is 4.23. The van der Waals surface area contributed by atoms with Crippen LogP contribution in [0.5, 0.6) is 0 Å². The molecule has 1 unspecified atom stereocenters. The van der Waals surface area contributed by atoms with Crippen LogP contribution in [0.3, 0.4) is 0 Å². The summed E-state index contributed by atoms with van der Waals surface area (Å²) in [6, 6.07) is 6.22. The van der Waals surface area contributed by atoms with Gasteiger partial charge in [-0.1, -0.05) is 23.3 Å². The van der Waals surface area contributed by atoms with Gasteiger partial charge in [0.2, 0.25) is 5.91 Å². The Kier molecular flexibility index (Phi) is 4.36. The number of aromatic nitrogens is 1. The molecule has 1 atom stereocenters. The summed E-state index contributed by atoms with van der Waals surface area (Å²) < 4.78 is 0. The van der Waals surface area contributed by atoms with Crippen molar-refractivity contribution in [2.75, 3.05) is 0 Å². The van der Waals surface area contributed by atoms with E-state index in [-0.39, 0.29) is 11.9 Å². The molecule has 0 aliphatic heterocycles. The van der Waals surface area contributed by atoms with Gasteiger partial charge in [-0.2, -0.15) is 0 Å². The molecule has 0 saturated carbocycles. The molecule has 0 radical (unpaired) electrons. The third-order valence-corrected chi connectivity index (χ3v) is 5.52. The number of nitrogens with one attached hydrogen (secondary N) is 2. The fourth-order valence-electron chi connectivity index (χ4n) is 4.06. The van der Waals surface area contributed by atoms with E-state index in [0.29, 0.717) is 6.42 Å². The molecule has 0 saturated heterocycles. The highest BCUT2D eigenvalue weighted by atomic mass is 35.5. The second-order valence-corrected chi connectivity index (χ2v) is 7.50. The highest BCUT2D eigenvalue weighted by molar-refractivity contribution is 6.31. The van der Waals surface area contributed by atoms with Crippen LogP contribution < -0.4 is 5.32 Å². The Morgan fingerprint density at radius 1 is 1.29 bits per heavy atom. The molecule has 1 aromatic heterocycles. The number of H-pyrrole nitrogens is 1. The van der Waals surface area contributed by atoms with E-state index in [2.05, 4.69) is 16.4 Å². The lowest BCUT2D eigenvalue weighted by Crippen LogP contribution is -2.38. The molecule has 24 heavy (non-hydrogen) atoms. The first kappa shape index (κ1) is 15.8. The number of carbonyl (C=O) groups is 1. The Bertz CT molecular complexity index is 805. The maximum absolute atomic E-state index is 12.4. The number of aromatic amines is 1. The van der Waals surface area contributed by atoms with E-state index < -0.39 is 0 Å². The number of fused-ring (bicyclic) bond motifs is 3. The van der Waals surface area contributed by atoms with E-state index in [1.807, 2.05) is 18.2 Å². The van der Waals surface area contributed by atoms with E-state index >= 15 is 0 Å². The molecular weight excluding hydrogens is 320 g/mol. The Hall–Kier alpha value is -1.74. The Morgan fingerprint density at radius 2 is 2.21 bits per heavy atom. The topological polar surface area (TPSA) is 44.9 Å². The lowest BCUT2D eigenvalue weighted by Gasteiger charge is -2.24. The number of halogens is 1. The molecule has 0 bridgehead atoms. The van der Waals surface area contributed by atoms with Crippen molar-refractivity contribution in [2.45, 2.75) is 57.4 Å². The van der Waals surface area contributed by atoms with Crippen molar-refractivity contribution in [3.05, 3.63) is 46.1 Å². The smallest absolute Gasteiger partial charge is 0.224 e. The highest BCUT2D eigenvalue weighted by Gasteiger charge is 2.24. The van der Waals surface area contributed by atoms with E-state index in [0.717, 1.165) is 42.6 Å². The first-order valence-electron chi connectivity index (χ1n) is 8.95. The van der Waals surface area contributed by atoms with E-state index in [1.54, 1.807) is 0 Å². The van der Waals surface area contributed by atoms with Crippen LogP contribution in [0.25, 0.3) is 10.9 Å². The maximum Gasteiger partial charge on any atom is 0.224 e. The van der Waals surface area contributed by atoms with Crippen molar-refractivity contribution in [3.8, 4) is 0 Å². The molecule has 0 spiro atoms. The molecule has 1 amide bonds. The Balaban J connectivity index is 1.45. The average Bonchev–Trinajstić information content (AvgIpc) is 2.93. The summed E-state index contributed by atoms with van der Waals surface area (Å²) in [5.74, 6) is 0.175. The summed E-state index contributed by atoms with van der Waals surface area (Å²) in [5, 5.41) is 5.21. The Labute approximate surface area is 147 Å². The molecule has 1 aromatic carbocycles. The van der Waals surface area contributed by atoms with E-state index in [1.165, 1.54) is 35.1 Å². The van der Waals surface area contributed by atoms with Crippen LogP contribution in [0.4, 0.5) is 0 Å². The molecule has 4 heteroatoms. The summed E-state index contributed by atoms with van der Waals surface area (Å²) in [6.07, 6.45) is 10.4. The zero-order valence-corrected chi connectivity index (χ0v) is 14.6. The highest BCUT2D eigenvalue weighted by Crippen LogP contribution is 2.31. The largest absolute Gasteiger partial charge is 0.358 e. The average molecular weight is 343 g/mol. The van der Waals surface area contributed by atoms with Crippen molar-refractivity contribution in [2.24, 2.45) is 0 Å². The molecule has 3 nitrogen and oxygen atoms in total. The van der Waals surface area contributed by atoms with Gasteiger partial charge >= 0.3 is 0 Å². The zero-order chi connectivity index (χ0) is 16.5. The summed E-state index contributed by atoms with van der Waals surface area (Å²) in [7, 11) is 0. The van der Waals surface area contributed by atoms with Gasteiger partial charge in [0.1, 0.15) is 0 Å². The van der Waals surface area contributed by atoms with E-state index in [4.69, 9.17) is 11.6 Å². The van der Waals surface area contributed by atoms with Crippen LogP contribution in [0.1, 0.15) is 49.8 Å². The van der Waals surface area contributed by atoms with Crippen molar-refractivity contribution >= 4 is 28.4 Å². The van der Waals surface area contributed by atoms with Crippen LogP contribution in [-0.2, 0) is 17.6 Å². The minimum atomic E-state index is 0.175. The monoisotopic (exact) mass is 342 g/mol. The molecule has 0 fully saturated rings. The molecule has 2 aliphatic rings. The number of hydrogen-bond acceptors (Lipinski definition) is 1. The third-order valence-electron chi connectivity index (χ3n) is 5.29. The number of benzene rings is 1. The maximum atomic E-state index is 12.4. The number of carbonyl (C=O) groups excluding carboxylic acids is 1. The van der Waals surface area contributed by atoms with Gasteiger partial charge in [0, 0.05) is 34.1 Å². The molecule has 2 N–H and O–H groups in total. The fraction of sp³-hybridized carbons (Fsp3) is 0.450. The van der Waals surface area contributed by atoms with Crippen LogP contribution in [-0.4, -0.2) is 16.9 Å². The van der Waals surface area contributed by atoms with Gasteiger partial charge in [0.15, 0.2) is 0 Å². The van der Waals surface area contributed by atoms with Crippen molar-refractivity contribution < 1.29 is 4.79 Å². The number of amides is 1. The second kappa shape index (κ2) is 6.64. The third kappa shape index (κ3) is 3.23. The summed E-state index contributed by atoms with van der Waals surface area (Å²) in [4.78, 5) is 15.9. The molecule has 1 heterocycles. The molecule has 126 valence electrons. The predicted octanol–water partition coefficient (Wildman–Crippen LogP) is 4.69. The number of rotatable bonds is 3. The van der Waals surface area contributed by atoms with Gasteiger partial charge in [-0.3, -0.25) is 4.79 Å². The van der Waals surface area contributed by atoms with Crippen LogP contribution >= 0.6 is 11.6 Å².